The molecule has 1 saturated heterocycles. The van der Waals surface area contributed by atoms with Crippen molar-refractivity contribution in [3.63, 3.8) is 0 Å². The molecule has 160 valence electrons. The first kappa shape index (κ1) is 21.1. The number of hydrogen-bond donors (Lipinski definition) is 1. The number of carbonyl (C=O) groups excluding carboxylic acids is 1. The molecule has 31 heavy (non-hydrogen) atoms. The predicted octanol–water partition coefficient (Wildman–Crippen LogP) is 4.19. The lowest BCUT2D eigenvalue weighted by Crippen LogP contribution is -2.41. The third-order valence-electron chi connectivity index (χ3n) is 5.36. The molecule has 1 aliphatic heterocycles. The maximum atomic E-state index is 13.2. The van der Waals surface area contributed by atoms with Gasteiger partial charge in [-0.1, -0.05) is 17.7 Å². The standard InChI is InChI=1S/C23H22ClFN4O2/c1-15-4-9-20(19(24)13-15)26-23(31)16-3-2-12-28(14-16)21-10-11-22(30)29(27-21)18-7-5-17(25)6-8-18/h4-11,13,16H,2-3,12,14H2,1H3,(H,26,31)/t16-/m1/s1. The molecule has 0 bridgehead atoms. The first-order chi connectivity index (χ1) is 14.9. The van der Waals surface area contributed by atoms with E-state index in [2.05, 4.69) is 10.4 Å². The smallest absolute Gasteiger partial charge is 0.271 e. The van der Waals surface area contributed by atoms with Crippen LogP contribution in [0, 0.1) is 18.7 Å². The Bertz CT molecular complexity index is 1160. The van der Waals surface area contributed by atoms with Crippen LogP contribution in [0.4, 0.5) is 15.9 Å². The highest BCUT2D eigenvalue weighted by Gasteiger charge is 2.27. The molecule has 1 aromatic heterocycles. The largest absolute Gasteiger partial charge is 0.354 e. The van der Waals surface area contributed by atoms with E-state index in [0.717, 1.165) is 24.9 Å². The lowest BCUT2D eigenvalue weighted by Gasteiger charge is -2.33. The minimum Gasteiger partial charge on any atom is -0.354 e. The van der Waals surface area contributed by atoms with Gasteiger partial charge in [0.05, 0.1) is 22.3 Å². The molecule has 2 aromatic carbocycles. The summed E-state index contributed by atoms with van der Waals surface area (Å²) in [5.74, 6) is -0.122. The zero-order chi connectivity index (χ0) is 22.0. The first-order valence-electron chi connectivity index (χ1n) is 10.1. The second kappa shape index (κ2) is 8.89. The van der Waals surface area contributed by atoms with Crippen LogP contribution < -0.4 is 15.8 Å². The minimum absolute atomic E-state index is 0.0951. The highest BCUT2D eigenvalue weighted by Crippen LogP contribution is 2.26. The summed E-state index contributed by atoms with van der Waals surface area (Å²) in [7, 11) is 0. The van der Waals surface area contributed by atoms with E-state index < -0.39 is 0 Å². The Labute approximate surface area is 184 Å². The Hall–Kier alpha value is -3.19. The van der Waals surface area contributed by atoms with Crippen molar-refractivity contribution in [3.8, 4) is 5.69 Å². The van der Waals surface area contributed by atoms with Crippen molar-refractivity contribution in [3.05, 3.63) is 81.4 Å². The van der Waals surface area contributed by atoms with E-state index in [0.29, 0.717) is 28.8 Å². The molecule has 0 spiro atoms. The number of carbonyl (C=O) groups is 1. The summed E-state index contributed by atoms with van der Waals surface area (Å²) in [4.78, 5) is 27.1. The summed E-state index contributed by atoms with van der Waals surface area (Å²) < 4.78 is 14.5. The van der Waals surface area contributed by atoms with Gasteiger partial charge in [-0.05, 0) is 67.8 Å². The molecule has 1 amide bonds. The molecule has 8 heteroatoms. The van der Waals surface area contributed by atoms with E-state index in [-0.39, 0.29) is 23.2 Å². The van der Waals surface area contributed by atoms with Gasteiger partial charge in [-0.3, -0.25) is 9.59 Å². The van der Waals surface area contributed by atoms with E-state index in [4.69, 9.17) is 11.6 Å². The third kappa shape index (κ3) is 4.77. The van der Waals surface area contributed by atoms with Crippen LogP contribution >= 0.6 is 11.6 Å². The molecule has 1 N–H and O–H groups in total. The van der Waals surface area contributed by atoms with E-state index >= 15 is 0 Å². The zero-order valence-electron chi connectivity index (χ0n) is 17.0. The van der Waals surface area contributed by atoms with Crippen LogP contribution in [0.25, 0.3) is 5.69 Å². The van der Waals surface area contributed by atoms with Crippen LogP contribution in [0.15, 0.2) is 59.4 Å². The van der Waals surface area contributed by atoms with Crippen LogP contribution in [-0.4, -0.2) is 28.8 Å². The molecule has 3 aromatic rings. The van der Waals surface area contributed by atoms with Crippen molar-refractivity contribution in [2.45, 2.75) is 19.8 Å². The number of hydrogen-bond acceptors (Lipinski definition) is 4. The number of benzene rings is 2. The fraction of sp³-hybridized carbons (Fsp3) is 0.261. The molecule has 0 radical (unpaired) electrons. The third-order valence-corrected chi connectivity index (χ3v) is 5.67. The number of amides is 1. The van der Waals surface area contributed by atoms with Gasteiger partial charge in [0.2, 0.25) is 5.91 Å². The number of nitrogens with zero attached hydrogens (tertiary/aromatic N) is 3. The number of aromatic nitrogens is 2. The number of rotatable bonds is 4. The van der Waals surface area contributed by atoms with Crippen molar-refractivity contribution < 1.29 is 9.18 Å². The Kier molecular flexibility index (Phi) is 6.04. The van der Waals surface area contributed by atoms with E-state index in [1.165, 1.54) is 35.0 Å². The Balaban J connectivity index is 1.52. The van der Waals surface area contributed by atoms with Crippen molar-refractivity contribution >= 4 is 29.0 Å². The summed E-state index contributed by atoms with van der Waals surface area (Å²) in [6.07, 6.45) is 1.57. The van der Waals surface area contributed by atoms with Crippen molar-refractivity contribution in [1.29, 1.82) is 0 Å². The van der Waals surface area contributed by atoms with Gasteiger partial charge < -0.3 is 10.2 Å². The van der Waals surface area contributed by atoms with Crippen LogP contribution in [0.5, 0.6) is 0 Å². The number of nitrogens with one attached hydrogen (secondary N) is 1. The Morgan fingerprint density at radius 3 is 2.68 bits per heavy atom. The van der Waals surface area contributed by atoms with E-state index in [1.807, 2.05) is 24.0 Å². The van der Waals surface area contributed by atoms with Gasteiger partial charge in [0.25, 0.3) is 5.56 Å². The number of anilines is 2. The average molecular weight is 441 g/mol. The molecule has 4 rings (SSSR count). The first-order valence-corrected chi connectivity index (χ1v) is 10.5. The number of aryl methyl sites for hydroxylation is 1. The van der Waals surface area contributed by atoms with Crippen molar-refractivity contribution in [2.75, 3.05) is 23.3 Å². The van der Waals surface area contributed by atoms with Crippen LogP contribution in [0.1, 0.15) is 18.4 Å². The van der Waals surface area contributed by atoms with Gasteiger partial charge >= 0.3 is 0 Å². The van der Waals surface area contributed by atoms with Crippen LogP contribution in [-0.2, 0) is 4.79 Å². The van der Waals surface area contributed by atoms with Crippen LogP contribution in [0.3, 0.4) is 0 Å². The number of piperidine rings is 1. The van der Waals surface area contributed by atoms with Gasteiger partial charge in [-0.25, -0.2) is 4.39 Å². The molecule has 0 unspecified atom stereocenters. The summed E-state index contributed by atoms with van der Waals surface area (Å²) >= 11 is 6.25. The molecule has 0 saturated carbocycles. The fourth-order valence-electron chi connectivity index (χ4n) is 3.69. The molecule has 2 heterocycles. The topological polar surface area (TPSA) is 67.2 Å². The maximum absolute atomic E-state index is 13.2. The molecule has 1 fully saturated rings. The normalized spacial score (nSPS) is 16.2. The highest BCUT2D eigenvalue weighted by atomic mass is 35.5. The van der Waals surface area contributed by atoms with Gasteiger partial charge in [-0.15, -0.1) is 5.10 Å². The Morgan fingerprint density at radius 2 is 1.94 bits per heavy atom. The molecular formula is C23H22ClFN4O2. The monoisotopic (exact) mass is 440 g/mol. The summed E-state index contributed by atoms with van der Waals surface area (Å²) in [5.41, 5.74) is 1.79. The summed E-state index contributed by atoms with van der Waals surface area (Å²) in [6.45, 7) is 3.14. The second-order valence-corrected chi connectivity index (χ2v) is 8.08. The van der Waals surface area contributed by atoms with Gasteiger partial charge in [0.1, 0.15) is 11.6 Å². The van der Waals surface area contributed by atoms with Gasteiger partial charge in [0.15, 0.2) is 0 Å². The minimum atomic E-state index is -0.383. The van der Waals surface area contributed by atoms with Gasteiger partial charge in [-0.2, -0.15) is 4.68 Å². The highest BCUT2D eigenvalue weighted by molar-refractivity contribution is 6.33. The Morgan fingerprint density at radius 1 is 1.16 bits per heavy atom. The summed E-state index contributed by atoms with van der Waals surface area (Å²) in [6, 6.07) is 14.2. The van der Waals surface area contributed by atoms with Crippen molar-refractivity contribution in [1.82, 2.24) is 9.78 Å². The quantitative estimate of drug-likeness (QED) is 0.660. The van der Waals surface area contributed by atoms with Crippen molar-refractivity contribution in [2.24, 2.45) is 5.92 Å². The van der Waals surface area contributed by atoms with Crippen LogP contribution in [0.2, 0.25) is 5.02 Å². The molecule has 1 aliphatic rings. The molecular weight excluding hydrogens is 419 g/mol. The second-order valence-electron chi connectivity index (χ2n) is 7.68. The fourth-order valence-corrected chi connectivity index (χ4v) is 3.98. The van der Waals surface area contributed by atoms with Gasteiger partial charge in [0, 0.05) is 19.2 Å². The molecule has 0 aliphatic carbocycles. The maximum Gasteiger partial charge on any atom is 0.271 e. The molecule has 1 atom stereocenters. The SMILES string of the molecule is Cc1ccc(NC(=O)[C@@H]2CCCN(c3ccc(=O)n(-c4ccc(F)cc4)n3)C2)c(Cl)c1. The molecule has 6 nitrogen and oxygen atoms in total. The zero-order valence-corrected chi connectivity index (χ0v) is 17.8. The average Bonchev–Trinajstić information content (AvgIpc) is 2.77. The lowest BCUT2D eigenvalue weighted by atomic mass is 9.97. The summed E-state index contributed by atoms with van der Waals surface area (Å²) in [5, 5.41) is 7.88. The number of halogens is 2. The van der Waals surface area contributed by atoms with E-state index in [1.54, 1.807) is 12.1 Å². The van der Waals surface area contributed by atoms with E-state index in [9.17, 15) is 14.0 Å². The predicted molar refractivity (Wildman–Crippen MR) is 120 cm³/mol. The lowest BCUT2D eigenvalue weighted by molar-refractivity contribution is -0.120.